The Morgan fingerprint density at radius 3 is 2.13 bits per heavy atom. The number of ether oxygens (including phenoxy) is 4. The number of methoxy groups -OCH3 is 2. The normalized spacial score (nSPS) is 10.5. The van der Waals surface area contributed by atoms with Crippen LogP contribution in [0.25, 0.3) is 0 Å². The average molecular weight is 418 g/mol. The van der Waals surface area contributed by atoms with Crippen molar-refractivity contribution in [2.24, 2.45) is 0 Å². The first kappa shape index (κ1) is 22.8. The molecule has 9 nitrogen and oxygen atoms in total. The van der Waals surface area contributed by atoms with Crippen LogP contribution in [0.2, 0.25) is 0 Å². The number of aromatic amines is 1. The highest BCUT2D eigenvalue weighted by Gasteiger charge is 2.25. The molecule has 0 bridgehead atoms. The molecule has 0 saturated heterocycles. The highest BCUT2D eigenvalue weighted by atomic mass is 16.5. The predicted octanol–water partition coefficient (Wildman–Crippen LogP) is 3.01. The van der Waals surface area contributed by atoms with Crippen LogP contribution in [-0.4, -0.2) is 49.8 Å². The van der Waals surface area contributed by atoms with Gasteiger partial charge in [-0.1, -0.05) is 0 Å². The number of H-pyrrole nitrogens is 1. The molecule has 1 heterocycles. The van der Waals surface area contributed by atoms with Crippen molar-refractivity contribution in [1.82, 2.24) is 4.98 Å². The lowest BCUT2D eigenvalue weighted by Crippen LogP contribution is -2.21. The number of hydrogen-bond acceptors (Lipinski definition) is 7. The van der Waals surface area contributed by atoms with E-state index in [1.807, 2.05) is 0 Å². The van der Waals surface area contributed by atoms with Gasteiger partial charge in [-0.15, -0.1) is 0 Å². The van der Waals surface area contributed by atoms with Crippen molar-refractivity contribution in [2.75, 3.05) is 26.1 Å². The molecule has 0 atom stereocenters. The van der Waals surface area contributed by atoms with Crippen molar-refractivity contribution >= 4 is 23.5 Å². The summed E-state index contributed by atoms with van der Waals surface area (Å²) in [6.45, 7) is 6.23. The summed E-state index contributed by atoms with van der Waals surface area (Å²) in [6, 6.07) is 4.87. The largest absolute Gasteiger partial charge is 0.497 e. The number of nitrogens with one attached hydrogen (secondary N) is 2. The number of benzene rings is 1. The van der Waals surface area contributed by atoms with Crippen LogP contribution in [0.15, 0.2) is 18.2 Å². The number of carbonyl (C=O) groups is 3. The summed E-state index contributed by atoms with van der Waals surface area (Å²) < 4.78 is 20.6. The molecular weight excluding hydrogens is 392 g/mol. The zero-order valence-corrected chi connectivity index (χ0v) is 17.9. The van der Waals surface area contributed by atoms with Gasteiger partial charge in [-0.25, -0.2) is 9.59 Å². The van der Waals surface area contributed by atoms with Crippen LogP contribution < -0.4 is 14.8 Å². The van der Waals surface area contributed by atoms with E-state index >= 15 is 0 Å². The first-order valence-electron chi connectivity index (χ1n) is 9.26. The van der Waals surface area contributed by atoms with Gasteiger partial charge in [-0.2, -0.15) is 0 Å². The van der Waals surface area contributed by atoms with Crippen LogP contribution in [0.5, 0.6) is 11.5 Å². The fourth-order valence-electron chi connectivity index (χ4n) is 2.81. The number of anilines is 1. The lowest BCUT2D eigenvalue weighted by molar-refractivity contribution is -0.119. The van der Waals surface area contributed by atoms with E-state index in [1.165, 1.54) is 14.2 Å². The van der Waals surface area contributed by atoms with Crippen molar-refractivity contribution < 1.29 is 33.3 Å². The molecule has 2 N–H and O–H groups in total. The third-order valence-corrected chi connectivity index (χ3v) is 4.16. The van der Waals surface area contributed by atoms with Crippen molar-refractivity contribution in [1.29, 1.82) is 0 Å². The molecule has 0 spiro atoms. The van der Waals surface area contributed by atoms with Crippen LogP contribution >= 0.6 is 0 Å². The number of rotatable bonds is 8. The van der Waals surface area contributed by atoms with Crippen molar-refractivity contribution in [3.05, 3.63) is 40.7 Å². The fourth-order valence-corrected chi connectivity index (χ4v) is 2.81. The predicted molar refractivity (Wildman–Crippen MR) is 109 cm³/mol. The quantitative estimate of drug-likeness (QED) is 0.633. The minimum absolute atomic E-state index is 0.0963. The molecule has 0 unspecified atom stereocenters. The van der Waals surface area contributed by atoms with Gasteiger partial charge in [-0.3, -0.25) is 4.79 Å². The first-order valence-corrected chi connectivity index (χ1v) is 9.26. The van der Waals surface area contributed by atoms with E-state index < -0.39 is 24.5 Å². The number of amides is 1. The average Bonchev–Trinajstić information content (AvgIpc) is 2.99. The Labute approximate surface area is 174 Å². The molecule has 1 aromatic carbocycles. The monoisotopic (exact) mass is 418 g/mol. The van der Waals surface area contributed by atoms with Crippen molar-refractivity contribution in [3.63, 3.8) is 0 Å². The zero-order valence-electron chi connectivity index (χ0n) is 17.9. The van der Waals surface area contributed by atoms with Crippen LogP contribution in [0.4, 0.5) is 5.69 Å². The topological polar surface area (TPSA) is 116 Å². The summed E-state index contributed by atoms with van der Waals surface area (Å²) >= 11 is 0. The number of carbonyl (C=O) groups excluding carboxylic acids is 3. The molecule has 0 fully saturated rings. The van der Waals surface area contributed by atoms with E-state index in [4.69, 9.17) is 18.9 Å². The second-order valence-electron chi connectivity index (χ2n) is 6.80. The van der Waals surface area contributed by atoms with E-state index in [1.54, 1.807) is 45.9 Å². The van der Waals surface area contributed by atoms with E-state index in [0.717, 1.165) is 0 Å². The molecule has 2 aromatic rings. The number of aromatic nitrogens is 1. The van der Waals surface area contributed by atoms with E-state index in [9.17, 15) is 14.4 Å². The molecule has 0 radical (unpaired) electrons. The Balaban J connectivity index is 2.04. The molecule has 2 rings (SSSR count). The van der Waals surface area contributed by atoms with Crippen molar-refractivity contribution in [2.45, 2.75) is 33.8 Å². The summed E-state index contributed by atoms with van der Waals surface area (Å²) in [5.41, 5.74) is 1.69. The van der Waals surface area contributed by atoms with E-state index in [2.05, 4.69) is 10.3 Å². The van der Waals surface area contributed by atoms with Crippen LogP contribution in [-0.2, 0) is 14.3 Å². The number of hydrogen-bond donors (Lipinski definition) is 2. The Morgan fingerprint density at radius 2 is 1.60 bits per heavy atom. The smallest absolute Gasteiger partial charge is 0.355 e. The molecule has 9 heteroatoms. The molecule has 1 aromatic heterocycles. The maximum atomic E-state index is 12.4. The minimum atomic E-state index is -0.752. The Morgan fingerprint density at radius 1 is 1.00 bits per heavy atom. The highest BCUT2D eigenvalue weighted by Crippen LogP contribution is 2.26. The van der Waals surface area contributed by atoms with E-state index in [0.29, 0.717) is 28.4 Å². The third kappa shape index (κ3) is 5.53. The molecule has 0 aliphatic rings. The molecule has 0 aliphatic carbocycles. The summed E-state index contributed by atoms with van der Waals surface area (Å²) in [7, 11) is 2.99. The van der Waals surface area contributed by atoms with Gasteiger partial charge >= 0.3 is 11.9 Å². The zero-order chi connectivity index (χ0) is 22.4. The molecule has 0 aliphatic heterocycles. The number of esters is 2. The van der Waals surface area contributed by atoms with Gasteiger partial charge in [0.1, 0.15) is 17.2 Å². The molecular formula is C21H26N2O7. The van der Waals surface area contributed by atoms with E-state index in [-0.39, 0.29) is 17.4 Å². The summed E-state index contributed by atoms with van der Waals surface area (Å²) in [5.74, 6) is -0.823. The van der Waals surface area contributed by atoms with Crippen LogP contribution in [0.3, 0.4) is 0 Å². The molecule has 0 saturated carbocycles. The van der Waals surface area contributed by atoms with Gasteiger partial charge in [-0.05, 0) is 33.3 Å². The SMILES string of the molecule is COc1cc(NC(=O)COC(=O)c2[nH]c(C)c(C(=O)OC(C)C)c2C)cc(OC)c1. The fraction of sp³-hybridized carbons (Fsp3) is 0.381. The summed E-state index contributed by atoms with van der Waals surface area (Å²) in [5, 5.41) is 2.61. The standard InChI is InChI=1S/C21H26N2O7/c1-11(2)30-20(25)18-12(3)19(22-13(18)4)21(26)29-10-17(24)23-14-7-15(27-5)9-16(8-14)28-6/h7-9,11,22H,10H2,1-6H3,(H,23,24). The van der Waals surface area contributed by atoms with Crippen LogP contribution in [0, 0.1) is 13.8 Å². The van der Waals surface area contributed by atoms with Gasteiger partial charge in [0.15, 0.2) is 6.61 Å². The Kier molecular flexibility index (Phi) is 7.46. The van der Waals surface area contributed by atoms with Gasteiger partial charge in [0.2, 0.25) is 0 Å². The Bertz CT molecular complexity index is 925. The van der Waals surface area contributed by atoms with Crippen molar-refractivity contribution in [3.8, 4) is 11.5 Å². The second kappa shape index (κ2) is 9.82. The Hall–Kier alpha value is -3.49. The van der Waals surface area contributed by atoms with Gasteiger partial charge in [0.25, 0.3) is 5.91 Å². The maximum Gasteiger partial charge on any atom is 0.355 e. The molecule has 1 amide bonds. The minimum Gasteiger partial charge on any atom is -0.497 e. The third-order valence-electron chi connectivity index (χ3n) is 4.16. The highest BCUT2D eigenvalue weighted by molar-refractivity contribution is 6.00. The molecule has 162 valence electrons. The van der Waals surface area contributed by atoms with Crippen LogP contribution in [0.1, 0.15) is 46.0 Å². The van der Waals surface area contributed by atoms with Gasteiger partial charge in [0, 0.05) is 29.6 Å². The second-order valence-corrected chi connectivity index (χ2v) is 6.80. The van der Waals surface area contributed by atoms with Gasteiger partial charge in [0.05, 0.1) is 25.9 Å². The van der Waals surface area contributed by atoms with Gasteiger partial charge < -0.3 is 29.2 Å². The lowest BCUT2D eigenvalue weighted by atomic mass is 10.1. The first-order chi connectivity index (χ1) is 14.2. The lowest BCUT2D eigenvalue weighted by Gasteiger charge is -2.10. The summed E-state index contributed by atoms with van der Waals surface area (Å²) in [6.07, 6.45) is -0.291. The summed E-state index contributed by atoms with van der Waals surface area (Å²) in [4.78, 5) is 39.6. The maximum absolute atomic E-state index is 12.4. The molecule has 30 heavy (non-hydrogen) atoms. The number of aryl methyl sites for hydroxylation is 1.